The molecule has 126 valence electrons. The summed E-state index contributed by atoms with van der Waals surface area (Å²) in [5, 5.41) is 19.6. The van der Waals surface area contributed by atoms with Crippen LogP contribution in [0.3, 0.4) is 0 Å². The Labute approximate surface area is 149 Å². The molecule has 6 heteroatoms. The third kappa shape index (κ3) is 4.98. The molecule has 0 saturated carbocycles. The van der Waals surface area contributed by atoms with Crippen LogP contribution < -0.4 is 0 Å². The lowest BCUT2D eigenvalue weighted by atomic mass is 9.77. The molecule has 0 amide bonds. The summed E-state index contributed by atoms with van der Waals surface area (Å²) < 4.78 is 0. The number of hydrogen-bond acceptors (Lipinski definition) is 2. The van der Waals surface area contributed by atoms with Gasteiger partial charge in [0.1, 0.15) is 0 Å². The average Bonchev–Trinajstić information content (AvgIpc) is 2.52. The molecule has 0 saturated heterocycles. The van der Waals surface area contributed by atoms with Crippen LogP contribution >= 0.6 is 23.2 Å². The topological polar surface area (TPSA) is 74.6 Å². The van der Waals surface area contributed by atoms with Crippen molar-refractivity contribution in [1.82, 2.24) is 0 Å². The van der Waals surface area contributed by atoms with E-state index in [1.54, 1.807) is 48.5 Å². The van der Waals surface area contributed by atoms with Gasteiger partial charge < -0.3 is 10.2 Å². The Kier molecular flexibility index (Phi) is 6.23. The van der Waals surface area contributed by atoms with Crippen molar-refractivity contribution >= 4 is 35.1 Å². The molecule has 2 rings (SSSR count). The third-order valence-corrected chi connectivity index (χ3v) is 4.38. The van der Waals surface area contributed by atoms with E-state index in [0.717, 1.165) is 11.1 Å². The molecule has 0 spiro atoms. The summed E-state index contributed by atoms with van der Waals surface area (Å²) in [6.45, 7) is 0. The van der Waals surface area contributed by atoms with E-state index in [0.29, 0.717) is 10.0 Å². The van der Waals surface area contributed by atoms with E-state index in [2.05, 4.69) is 0 Å². The van der Waals surface area contributed by atoms with Crippen molar-refractivity contribution in [3.8, 4) is 0 Å². The second-order valence-electron chi connectivity index (χ2n) is 5.51. The summed E-state index contributed by atoms with van der Waals surface area (Å²) in [5.41, 5.74) is 1.48. The molecule has 0 aromatic heterocycles. The molecule has 2 N–H and O–H groups in total. The van der Waals surface area contributed by atoms with E-state index in [1.165, 1.54) is 0 Å². The molecule has 0 fully saturated rings. The smallest absolute Gasteiger partial charge is 0.303 e. The highest BCUT2D eigenvalue weighted by atomic mass is 35.5. The van der Waals surface area contributed by atoms with Crippen LogP contribution in [-0.4, -0.2) is 22.2 Å². The molecule has 4 nitrogen and oxygen atoms in total. The van der Waals surface area contributed by atoms with Gasteiger partial charge in [-0.25, -0.2) is 0 Å². The van der Waals surface area contributed by atoms with Crippen molar-refractivity contribution in [3.05, 3.63) is 69.7 Å². The van der Waals surface area contributed by atoms with Crippen molar-refractivity contribution in [2.75, 3.05) is 0 Å². The molecule has 0 heterocycles. The first-order chi connectivity index (χ1) is 11.4. The number of carboxylic acid groups (broad SMARTS) is 2. The Bertz CT molecular complexity index is 647. The summed E-state index contributed by atoms with van der Waals surface area (Å²) in [6.07, 6.45) is -0.357. The van der Waals surface area contributed by atoms with Gasteiger partial charge in [-0.05, 0) is 35.4 Å². The van der Waals surface area contributed by atoms with Crippen LogP contribution in [0.25, 0.3) is 0 Å². The van der Waals surface area contributed by atoms with Gasteiger partial charge >= 0.3 is 11.9 Å². The minimum absolute atomic E-state index is 0.178. The Morgan fingerprint density at radius 2 is 1.00 bits per heavy atom. The molecule has 0 unspecified atom stereocenters. The standard InChI is InChI=1S/C18H16Cl2O4/c19-13-5-1-11(2-6-13)15(9-17(21)22)16(10-18(23)24)12-3-7-14(20)8-4-12/h1-8,15-16H,9-10H2,(H,21,22)(H,23,24)/t15-,16+. The second kappa shape index (κ2) is 8.18. The van der Waals surface area contributed by atoms with Crippen LogP contribution in [0.1, 0.15) is 35.8 Å². The normalized spacial score (nSPS) is 13.2. The molecular weight excluding hydrogens is 351 g/mol. The summed E-state index contributed by atoms with van der Waals surface area (Å²) in [6, 6.07) is 13.6. The number of halogens is 2. The predicted molar refractivity (Wildman–Crippen MR) is 92.9 cm³/mol. The van der Waals surface area contributed by atoms with Gasteiger partial charge in [0.2, 0.25) is 0 Å². The van der Waals surface area contributed by atoms with Gasteiger partial charge in [0.15, 0.2) is 0 Å². The van der Waals surface area contributed by atoms with E-state index >= 15 is 0 Å². The number of carbonyl (C=O) groups is 2. The zero-order chi connectivity index (χ0) is 17.7. The van der Waals surface area contributed by atoms with Gasteiger partial charge in [0, 0.05) is 21.9 Å². The highest BCUT2D eigenvalue weighted by molar-refractivity contribution is 6.30. The van der Waals surface area contributed by atoms with Crippen molar-refractivity contribution in [3.63, 3.8) is 0 Å². The minimum atomic E-state index is -0.987. The maximum Gasteiger partial charge on any atom is 0.303 e. The lowest BCUT2D eigenvalue weighted by molar-refractivity contribution is -0.140. The quantitative estimate of drug-likeness (QED) is 0.737. The van der Waals surface area contributed by atoms with Crippen molar-refractivity contribution in [2.24, 2.45) is 0 Å². The summed E-state index contributed by atoms with van der Waals surface area (Å²) in [4.78, 5) is 22.7. The Morgan fingerprint density at radius 1 is 0.708 bits per heavy atom. The van der Waals surface area contributed by atoms with Gasteiger partial charge in [0.25, 0.3) is 0 Å². The first-order valence-electron chi connectivity index (χ1n) is 7.31. The van der Waals surface area contributed by atoms with Crippen LogP contribution in [-0.2, 0) is 9.59 Å². The molecule has 0 aliphatic heterocycles. The highest BCUT2D eigenvalue weighted by Gasteiger charge is 2.29. The lowest BCUT2D eigenvalue weighted by Crippen LogP contribution is -2.18. The minimum Gasteiger partial charge on any atom is -0.481 e. The van der Waals surface area contributed by atoms with Gasteiger partial charge in [-0.2, -0.15) is 0 Å². The molecule has 2 atom stereocenters. The van der Waals surface area contributed by atoms with Crippen LogP contribution in [0.2, 0.25) is 10.0 Å². The van der Waals surface area contributed by atoms with E-state index in [9.17, 15) is 19.8 Å². The zero-order valence-electron chi connectivity index (χ0n) is 12.7. The lowest BCUT2D eigenvalue weighted by Gasteiger charge is -2.26. The SMILES string of the molecule is O=C(O)C[C@H](c1ccc(Cl)cc1)[C@@H](CC(=O)O)c1ccc(Cl)cc1. The average molecular weight is 367 g/mol. The van der Waals surface area contributed by atoms with Crippen molar-refractivity contribution in [2.45, 2.75) is 24.7 Å². The van der Waals surface area contributed by atoms with E-state index in [4.69, 9.17) is 23.2 Å². The molecule has 2 aromatic carbocycles. The van der Waals surface area contributed by atoms with Crippen molar-refractivity contribution < 1.29 is 19.8 Å². The zero-order valence-corrected chi connectivity index (χ0v) is 14.2. The molecule has 2 aromatic rings. The number of rotatable bonds is 7. The first-order valence-corrected chi connectivity index (χ1v) is 8.07. The van der Waals surface area contributed by atoms with Crippen molar-refractivity contribution in [1.29, 1.82) is 0 Å². The van der Waals surface area contributed by atoms with Crippen LogP contribution in [0.4, 0.5) is 0 Å². The molecule has 0 radical (unpaired) electrons. The predicted octanol–water partition coefficient (Wildman–Crippen LogP) is 4.81. The fraction of sp³-hybridized carbons (Fsp3) is 0.222. The Balaban J connectivity index is 2.46. The summed E-state index contributed by atoms with van der Waals surface area (Å²) in [7, 11) is 0. The molecule has 0 aliphatic carbocycles. The van der Waals surface area contributed by atoms with Gasteiger partial charge in [-0.3, -0.25) is 9.59 Å². The molecular formula is C18H16Cl2O4. The summed E-state index contributed by atoms with van der Waals surface area (Å²) >= 11 is 11.8. The second-order valence-corrected chi connectivity index (χ2v) is 6.38. The fourth-order valence-electron chi connectivity index (χ4n) is 2.78. The number of benzene rings is 2. The fourth-order valence-corrected chi connectivity index (χ4v) is 3.03. The first kappa shape index (κ1) is 18.3. The third-order valence-electron chi connectivity index (χ3n) is 3.87. The van der Waals surface area contributed by atoms with E-state index in [-0.39, 0.29) is 12.8 Å². The largest absolute Gasteiger partial charge is 0.481 e. The Morgan fingerprint density at radius 3 is 1.25 bits per heavy atom. The number of carboxylic acids is 2. The molecule has 0 bridgehead atoms. The number of hydrogen-bond donors (Lipinski definition) is 2. The van der Waals surface area contributed by atoms with Crippen LogP contribution in [0.15, 0.2) is 48.5 Å². The van der Waals surface area contributed by atoms with Crippen LogP contribution in [0.5, 0.6) is 0 Å². The van der Waals surface area contributed by atoms with Gasteiger partial charge in [-0.1, -0.05) is 47.5 Å². The Hall–Kier alpha value is -2.04. The monoisotopic (exact) mass is 366 g/mol. The van der Waals surface area contributed by atoms with E-state index in [1.807, 2.05) is 0 Å². The molecule has 0 aliphatic rings. The number of aliphatic carboxylic acids is 2. The maximum atomic E-state index is 11.3. The van der Waals surface area contributed by atoms with E-state index < -0.39 is 23.8 Å². The van der Waals surface area contributed by atoms with Gasteiger partial charge in [0.05, 0.1) is 12.8 Å². The molecule has 24 heavy (non-hydrogen) atoms. The van der Waals surface area contributed by atoms with Crippen LogP contribution in [0, 0.1) is 0 Å². The summed E-state index contributed by atoms with van der Waals surface area (Å²) in [5.74, 6) is -2.95. The highest BCUT2D eigenvalue weighted by Crippen LogP contribution is 2.39. The maximum absolute atomic E-state index is 11.3. The van der Waals surface area contributed by atoms with Gasteiger partial charge in [-0.15, -0.1) is 0 Å².